The van der Waals surface area contributed by atoms with Gasteiger partial charge in [-0.2, -0.15) is 5.10 Å². The minimum atomic E-state index is -0.911. The largest absolute Gasteiger partial charge is 0.244 e. The van der Waals surface area contributed by atoms with Crippen LogP contribution in [-0.4, -0.2) is 27.8 Å². The third-order valence-corrected chi connectivity index (χ3v) is 7.69. The van der Waals surface area contributed by atoms with Crippen molar-refractivity contribution in [1.29, 1.82) is 0 Å². The second-order valence-corrected chi connectivity index (χ2v) is 11.9. The Bertz CT molecular complexity index is 607. The zero-order valence-electron chi connectivity index (χ0n) is 12.3. The Morgan fingerprint density at radius 3 is 2.58 bits per heavy atom. The summed E-state index contributed by atoms with van der Waals surface area (Å²) in [5.41, 5.74) is 2.08. The zero-order valence-corrected chi connectivity index (χ0v) is 13.3. The van der Waals surface area contributed by atoms with Crippen molar-refractivity contribution in [2.45, 2.75) is 57.9 Å². The van der Waals surface area contributed by atoms with Gasteiger partial charge in [-0.05, 0) is 26.7 Å². The molecule has 0 N–H and O–H groups in total. The van der Waals surface area contributed by atoms with Gasteiger partial charge in [0, 0.05) is 14.3 Å². The molecule has 3 heterocycles. The molecule has 5 heteroatoms. The summed E-state index contributed by atoms with van der Waals surface area (Å²) in [6, 6.07) is 3.34. The maximum Gasteiger partial charge on any atom is 0.161 e. The van der Waals surface area contributed by atoms with Crippen LogP contribution >= 0.6 is 0 Å². The predicted octanol–water partition coefficient (Wildman–Crippen LogP) is 3.49. The van der Waals surface area contributed by atoms with Crippen LogP contribution in [0.5, 0.6) is 0 Å². The summed E-state index contributed by atoms with van der Waals surface area (Å²) >= 11 is 0. The van der Waals surface area contributed by atoms with E-state index in [-0.39, 0.29) is 0 Å². The Kier molecular flexibility index (Phi) is 2.96. The zero-order chi connectivity index (χ0) is 13.6. The molecule has 0 bridgehead atoms. The molecule has 0 radical (unpaired) electrons. The topological polar surface area (TPSA) is 43.6 Å². The van der Waals surface area contributed by atoms with E-state index in [1.54, 1.807) is 0 Å². The molecule has 19 heavy (non-hydrogen) atoms. The summed E-state index contributed by atoms with van der Waals surface area (Å²) in [6.45, 7) is 9.01. The second kappa shape index (κ2) is 4.40. The Morgan fingerprint density at radius 2 is 1.89 bits per heavy atom. The minimum absolute atomic E-state index is 0.533. The maximum atomic E-state index is 4.73. The summed E-state index contributed by atoms with van der Waals surface area (Å²) < 4.78 is 2.17. The molecule has 2 aromatic heterocycles. The van der Waals surface area contributed by atoms with Crippen molar-refractivity contribution in [2.75, 3.05) is 0 Å². The molecule has 1 aliphatic heterocycles. The molecule has 0 spiro atoms. The first-order valence-corrected chi connectivity index (χ1v) is 10.6. The highest BCUT2D eigenvalue weighted by Crippen LogP contribution is 2.36. The first-order chi connectivity index (χ1) is 8.96. The number of nitrogens with zero attached hydrogens (tertiary/aromatic N) is 4. The minimum Gasteiger partial charge on any atom is -0.244 e. The van der Waals surface area contributed by atoms with Crippen LogP contribution in [0.4, 0.5) is 0 Å². The SMILES string of the molecule is Cc1ncc2c(C)nn(C3CC[Si](C)(C)CC3)c2n1. The first kappa shape index (κ1) is 12.8. The molecule has 2 aromatic rings. The van der Waals surface area contributed by atoms with Crippen LogP contribution in [0.15, 0.2) is 6.20 Å². The van der Waals surface area contributed by atoms with E-state index in [2.05, 4.69) is 34.7 Å². The molecular formula is C14H22N4Si. The quantitative estimate of drug-likeness (QED) is 0.748. The Labute approximate surface area is 115 Å². The van der Waals surface area contributed by atoms with Crippen molar-refractivity contribution in [2.24, 2.45) is 0 Å². The third kappa shape index (κ3) is 2.31. The first-order valence-electron chi connectivity index (χ1n) is 7.15. The lowest BCUT2D eigenvalue weighted by atomic mass is 10.1. The lowest BCUT2D eigenvalue weighted by molar-refractivity contribution is 0.418. The van der Waals surface area contributed by atoms with E-state index in [0.29, 0.717) is 6.04 Å². The molecule has 0 aliphatic carbocycles. The monoisotopic (exact) mass is 274 g/mol. The van der Waals surface area contributed by atoms with Gasteiger partial charge >= 0.3 is 0 Å². The number of aromatic nitrogens is 4. The van der Waals surface area contributed by atoms with Crippen LogP contribution in [0, 0.1) is 13.8 Å². The fourth-order valence-electron chi connectivity index (χ4n) is 3.03. The van der Waals surface area contributed by atoms with Crippen molar-refractivity contribution in [3.8, 4) is 0 Å². The molecule has 4 nitrogen and oxygen atoms in total. The normalized spacial score (nSPS) is 20.0. The van der Waals surface area contributed by atoms with Gasteiger partial charge in [0.15, 0.2) is 5.65 Å². The van der Waals surface area contributed by atoms with Crippen molar-refractivity contribution in [3.63, 3.8) is 0 Å². The summed E-state index contributed by atoms with van der Waals surface area (Å²) in [5.74, 6) is 0.833. The summed E-state index contributed by atoms with van der Waals surface area (Å²) in [4.78, 5) is 8.90. The van der Waals surface area contributed by atoms with Crippen molar-refractivity contribution in [1.82, 2.24) is 19.7 Å². The average molecular weight is 274 g/mol. The van der Waals surface area contributed by atoms with E-state index in [0.717, 1.165) is 22.6 Å². The standard InChI is InChI=1S/C14H22N4Si/c1-10-13-9-15-11(2)16-14(13)18(17-10)12-5-7-19(3,4)8-6-12/h9,12H,5-8H2,1-4H3. The summed E-state index contributed by atoms with van der Waals surface area (Å²) in [6.07, 6.45) is 4.44. The molecule has 0 amide bonds. The van der Waals surface area contributed by atoms with Gasteiger partial charge in [0.25, 0.3) is 0 Å². The van der Waals surface area contributed by atoms with Crippen LogP contribution in [-0.2, 0) is 0 Å². The molecule has 1 saturated heterocycles. The van der Waals surface area contributed by atoms with Crippen LogP contribution in [0.1, 0.15) is 30.4 Å². The van der Waals surface area contributed by atoms with E-state index in [9.17, 15) is 0 Å². The van der Waals surface area contributed by atoms with Crippen molar-refractivity contribution in [3.05, 3.63) is 17.7 Å². The fourth-order valence-corrected chi connectivity index (χ4v) is 5.51. The van der Waals surface area contributed by atoms with Gasteiger partial charge in [0.1, 0.15) is 5.82 Å². The van der Waals surface area contributed by atoms with E-state index >= 15 is 0 Å². The number of hydrogen-bond acceptors (Lipinski definition) is 3. The van der Waals surface area contributed by atoms with Gasteiger partial charge in [-0.15, -0.1) is 0 Å². The Balaban J connectivity index is 1.99. The van der Waals surface area contributed by atoms with Gasteiger partial charge in [-0.3, -0.25) is 0 Å². The number of aryl methyl sites for hydroxylation is 2. The maximum absolute atomic E-state index is 4.73. The molecule has 0 aromatic carbocycles. The summed E-state index contributed by atoms with van der Waals surface area (Å²) in [5, 5.41) is 5.84. The Hall–Kier alpha value is -1.23. The van der Waals surface area contributed by atoms with Gasteiger partial charge in [-0.25, -0.2) is 14.6 Å². The lowest BCUT2D eigenvalue weighted by Crippen LogP contribution is -2.32. The van der Waals surface area contributed by atoms with E-state index < -0.39 is 8.07 Å². The second-order valence-electron chi connectivity index (χ2n) is 6.58. The summed E-state index contributed by atoms with van der Waals surface area (Å²) in [7, 11) is -0.911. The van der Waals surface area contributed by atoms with Gasteiger partial charge in [0.05, 0.1) is 17.1 Å². The van der Waals surface area contributed by atoms with Crippen LogP contribution in [0.25, 0.3) is 11.0 Å². The van der Waals surface area contributed by atoms with Crippen LogP contribution in [0.2, 0.25) is 25.2 Å². The molecule has 0 saturated carbocycles. The number of hydrogen-bond donors (Lipinski definition) is 0. The van der Waals surface area contributed by atoms with Crippen LogP contribution < -0.4 is 0 Å². The Morgan fingerprint density at radius 1 is 1.21 bits per heavy atom. The van der Waals surface area contributed by atoms with E-state index in [1.807, 2.05) is 13.1 Å². The molecule has 0 atom stereocenters. The molecule has 3 rings (SSSR count). The lowest BCUT2D eigenvalue weighted by Gasteiger charge is -2.32. The fraction of sp³-hybridized carbons (Fsp3) is 0.643. The molecule has 1 fully saturated rings. The number of rotatable bonds is 1. The third-order valence-electron chi connectivity index (χ3n) is 4.41. The smallest absolute Gasteiger partial charge is 0.161 e. The van der Waals surface area contributed by atoms with Gasteiger partial charge in [0.2, 0.25) is 0 Å². The van der Waals surface area contributed by atoms with Crippen LogP contribution in [0.3, 0.4) is 0 Å². The van der Waals surface area contributed by atoms with E-state index in [1.165, 1.54) is 24.9 Å². The molecule has 1 aliphatic rings. The highest BCUT2D eigenvalue weighted by molar-refractivity contribution is 6.77. The van der Waals surface area contributed by atoms with Crippen molar-refractivity contribution >= 4 is 19.1 Å². The molecule has 102 valence electrons. The predicted molar refractivity (Wildman–Crippen MR) is 80.2 cm³/mol. The van der Waals surface area contributed by atoms with Gasteiger partial charge < -0.3 is 0 Å². The van der Waals surface area contributed by atoms with E-state index in [4.69, 9.17) is 5.10 Å². The van der Waals surface area contributed by atoms with Crippen molar-refractivity contribution < 1.29 is 0 Å². The van der Waals surface area contributed by atoms with Gasteiger partial charge in [-0.1, -0.05) is 25.2 Å². The average Bonchev–Trinajstić information content (AvgIpc) is 2.66. The highest BCUT2D eigenvalue weighted by atomic mass is 28.3. The molecule has 0 unspecified atom stereocenters. The highest BCUT2D eigenvalue weighted by Gasteiger charge is 2.30. The molecular weight excluding hydrogens is 252 g/mol. The number of fused-ring (bicyclic) bond motifs is 1.